The van der Waals surface area contributed by atoms with Crippen molar-refractivity contribution < 1.29 is 17.2 Å². The lowest BCUT2D eigenvalue weighted by atomic mass is 10.1. The molecule has 1 aromatic carbocycles. The number of halogens is 3. The Morgan fingerprint density at radius 2 is 2.04 bits per heavy atom. The number of rotatable bonds is 8. The molecule has 28 heavy (non-hydrogen) atoms. The van der Waals surface area contributed by atoms with Crippen molar-refractivity contribution in [2.75, 3.05) is 19.6 Å². The summed E-state index contributed by atoms with van der Waals surface area (Å²) in [6.45, 7) is 4.49. The summed E-state index contributed by atoms with van der Waals surface area (Å²) in [5.41, 5.74) is 0.306. The molecule has 156 valence electrons. The monoisotopic (exact) mass is 544 g/mol. The van der Waals surface area contributed by atoms with Crippen LogP contribution in [-0.4, -0.2) is 34.0 Å². The molecule has 1 unspecified atom stereocenters. The minimum Gasteiger partial charge on any atom is -0.357 e. The number of benzene rings is 1. The molecule has 0 aliphatic rings. The molecule has 2 aromatic rings. The quantitative estimate of drug-likeness (QED) is 0.206. The van der Waals surface area contributed by atoms with Gasteiger partial charge >= 0.3 is 0 Å². The summed E-state index contributed by atoms with van der Waals surface area (Å²) >= 11 is 1.14. The summed E-state index contributed by atoms with van der Waals surface area (Å²) in [5.74, 6) is -0.874. The molecular weight excluding hydrogens is 521 g/mol. The Labute approximate surface area is 184 Å². The van der Waals surface area contributed by atoms with Gasteiger partial charge in [-0.1, -0.05) is 12.1 Å². The van der Waals surface area contributed by atoms with E-state index in [-0.39, 0.29) is 41.3 Å². The first kappa shape index (κ1) is 24.7. The first-order valence-electron chi connectivity index (χ1n) is 8.36. The Hall–Kier alpha value is -1.31. The van der Waals surface area contributed by atoms with Crippen LogP contribution in [0, 0.1) is 11.6 Å². The van der Waals surface area contributed by atoms with Crippen LogP contribution >= 0.6 is 35.3 Å². The van der Waals surface area contributed by atoms with Crippen LogP contribution in [0.15, 0.2) is 44.9 Å². The van der Waals surface area contributed by atoms with Gasteiger partial charge in [0, 0.05) is 24.7 Å². The summed E-state index contributed by atoms with van der Waals surface area (Å²) in [4.78, 5) is 4.28. The largest absolute Gasteiger partial charge is 0.357 e. The predicted octanol–water partition coefficient (Wildman–Crippen LogP) is 3.24. The Bertz CT molecular complexity index is 877. The highest BCUT2D eigenvalue weighted by molar-refractivity contribution is 14.0. The number of nitrogens with one attached hydrogen (secondary N) is 3. The number of thiophene rings is 1. The summed E-state index contributed by atoms with van der Waals surface area (Å²) in [6.07, 6.45) is 0. The smallest absolute Gasteiger partial charge is 0.250 e. The Morgan fingerprint density at radius 1 is 1.29 bits per heavy atom. The van der Waals surface area contributed by atoms with Crippen LogP contribution in [-0.2, 0) is 10.0 Å². The molecular formula is C17H23F2IN4O2S2. The molecule has 1 atom stereocenters. The lowest BCUT2D eigenvalue weighted by Gasteiger charge is -2.18. The molecule has 0 fully saturated rings. The number of guanidine groups is 1. The van der Waals surface area contributed by atoms with Gasteiger partial charge in [-0.05, 0) is 31.4 Å². The maximum atomic E-state index is 13.9. The second-order valence-corrected chi connectivity index (χ2v) is 8.56. The van der Waals surface area contributed by atoms with Crippen LogP contribution in [0.3, 0.4) is 0 Å². The fourth-order valence-electron chi connectivity index (χ4n) is 2.29. The van der Waals surface area contributed by atoms with E-state index in [1.54, 1.807) is 18.4 Å². The predicted molar refractivity (Wildman–Crippen MR) is 119 cm³/mol. The topological polar surface area (TPSA) is 82.6 Å². The van der Waals surface area contributed by atoms with E-state index in [0.717, 1.165) is 17.4 Å². The second kappa shape index (κ2) is 11.6. The third kappa shape index (κ3) is 7.26. The molecule has 0 radical (unpaired) electrons. The van der Waals surface area contributed by atoms with Crippen LogP contribution in [0.5, 0.6) is 0 Å². The van der Waals surface area contributed by atoms with Crippen LogP contribution in [0.25, 0.3) is 0 Å². The van der Waals surface area contributed by atoms with E-state index in [1.807, 2.05) is 6.92 Å². The average molecular weight is 544 g/mol. The van der Waals surface area contributed by atoms with Gasteiger partial charge in [0.05, 0.1) is 12.6 Å². The molecule has 2 rings (SSSR count). The molecule has 0 spiro atoms. The fraction of sp³-hybridized carbons (Fsp3) is 0.353. The molecule has 0 amide bonds. The molecule has 3 N–H and O–H groups in total. The number of nitrogens with zero attached hydrogens (tertiary/aromatic N) is 1. The maximum Gasteiger partial charge on any atom is 0.250 e. The van der Waals surface area contributed by atoms with Gasteiger partial charge in [-0.2, -0.15) is 0 Å². The van der Waals surface area contributed by atoms with Crippen LogP contribution in [0.1, 0.15) is 25.5 Å². The standard InChI is InChI=1S/C17H22F2N4O2S2.HI/c1-3-20-17(23-12(2)14-7-6-13(18)11-15(14)19)21-8-9-22-27(24,25)16-5-4-10-26-16;/h4-7,10-12,22H,3,8-9H2,1-2H3,(H2,20,21,23);1H. The van der Waals surface area contributed by atoms with Gasteiger partial charge in [0.25, 0.3) is 0 Å². The Morgan fingerprint density at radius 3 is 2.64 bits per heavy atom. The van der Waals surface area contributed by atoms with Crippen molar-refractivity contribution in [3.05, 3.63) is 52.9 Å². The SMILES string of the molecule is CCNC(=NCCNS(=O)(=O)c1cccs1)NC(C)c1ccc(F)cc1F.I. The minimum absolute atomic E-state index is 0. The maximum absolute atomic E-state index is 13.9. The molecule has 11 heteroatoms. The fourth-order valence-corrected chi connectivity index (χ4v) is 4.35. The lowest BCUT2D eigenvalue weighted by Crippen LogP contribution is -2.39. The van der Waals surface area contributed by atoms with Crippen molar-refractivity contribution in [1.82, 2.24) is 15.4 Å². The third-order valence-corrected chi connectivity index (χ3v) is 6.42. The average Bonchev–Trinajstić information content (AvgIpc) is 3.14. The molecule has 1 aromatic heterocycles. The minimum atomic E-state index is -3.53. The van der Waals surface area contributed by atoms with Crippen molar-refractivity contribution in [2.24, 2.45) is 4.99 Å². The zero-order chi connectivity index (χ0) is 19.9. The van der Waals surface area contributed by atoms with Gasteiger partial charge in [0.15, 0.2) is 5.96 Å². The van der Waals surface area contributed by atoms with Crippen molar-refractivity contribution in [3.63, 3.8) is 0 Å². The van der Waals surface area contributed by atoms with Crippen LogP contribution in [0.4, 0.5) is 8.78 Å². The third-order valence-electron chi connectivity index (χ3n) is 3.56. The number of hydrogen-bond acceptors (Lipinski definition) is 4. The second-order valence-electron chi connectivity index (χ2n) is 5.62. The van der Waals surface area contributed by atoms with Crippen molar-refractivity contribution in [2.45, 2.75) is 24.1 Å². The van der Waals surface area contributed by atoms with Crippen molar-refractivity contribution in [1.29, 1.82) is 0 Å². The zero-order valence-electron chi connectivity index (χ0n) is 15.4. The van der Waals surface area contributed by atoms with E-state index in [2.05, 4.69) is 20.3 Å². The van der Waals surface area contributed by atoms with Gasteiger partial charge in [-0.15, -0.1) is 35.3 Å². The van der Waals surface area contributed by atoms with E-state index < -0.39 is 27.7 Å². The van der Waals surface area contributed by atoms with Gasteiger partial charge in [-0.25, -0.2) is 21.9 Å². The summed E-state index contributed by atoms with van der Waals surface area (Å²) in [7, 11) is -3.53. The van der Waals surface area contributed by atoms with Crippen molar-refractivity contribution >= 4 is 51.3 Å². The Balaban J connectivity index is 0.00000392. The molecule has 0 bridgehead atoms. The van der Waals surface area contributed by atoms with Crippen LogP contribution < -0.4 is 15.4 Å². The normalized spacial score (nSPS) is 12.9. The van der Waals surface area contributed by atoms with Crippen LogP contribution in [0.2, 0.25) is 0 Å². The first-order chi connectivity index (χ1) is 12.8. The van der Waals surface area contributed by atoms with E-state index in [1.165, 1.54) is 18.2 Å². The highest BCUT2D eigenvalue weighted by Gasteiger charge is 2.15. The van der Waals surface area contributed by atoms with Gasteiger partial charge in [0.2, 0.25) is 10.0 Å². The number of aliphatic imine (C=N–C) groups is 1. The zero-order valence-corrected chi connectivity index (χ0v) is 19.4. The molecule has 0 aliphatic carbocycles. The highest BCUT2D eigenvalue weighted by atomic mass is 127. The van der Waals surface area contributed by atoms with Gasteiger partial charge in [0.1, 0.15) is 15.8 Å². The molecule has 0 aliphatic heterocycles. The van der Waals surface area contributed by atoms with E-state index in [9.17, 15) is 17.2 Å². The number of hydrogen-bond donors (Lipinski definition) is 3. The molecule has 1 heterocycles. The van der Waals surface area contributed by atoms with Gasteiger partial charge < -0.3 is 10.6 Å². The summed E-state index contributed by atoms with van der Waals surface area (Å²) < 4.78 is 53.7. The van der Waals surface area contributed by atoms with Crippen molar-refractivity contribution in [3.8, 4) is 0 Å². The summed E-state index contributed by atoms with van der Waals surface area (Å²) in [6, 6.07) is 6.14. The molecule has 0 saturated carbocycles. The van der Waals surface area contributed by atoms with E-state index in [4.69, 9.17) is 0 Å². The highest BCUT2D eigenvalue weighted by Crippen LogP contribution is 2.17. The van der Waals surface area contributed by atoms with E-state index in [0.29, 0.717) is 18.1 Å². The lowest BCUT2D eigenvalue weighted by molar-refractivity contribution is 0.550. The Kier molecular flexibility index (Phi) is 10.3. The van der Waals surface area contributed by atoms with Gasteiger partial charge in [-0.3, -0.25) is 4.99 Å². The first-order valence-corrected chi connectivity index (χ1v) is 10.7. The summed E-state index contributed by atoms with van der Waals surface area (Å²) in [5, 5.41) is 7.72. The number of sulfonamides is 1. The van der Waals surface area contributed by atoms with E-state index >= 15 is 0 Å². The molecule has 6 nitrogen and oxygen atoms in total. The molecule has 0 saturated heterocycles.